The van der Waals surface area contributed by atoms with Crippen molar-refractivity contribution in [1.29, 1.82) is 5.26 Å². The summed E-state index contributed by atoms with van der Waals surface area (Å²) < 4.78 is 42.9. The Hall–Kier alpha value is -4.02. The molecule has 0 unspecified atom stereocenters. The van der Waals surface area contributed by atoms with Gasteiger partial charge >= 0.3 is 6.09 Å². The van der Waals surface area contributed by atoms with E-state index in [2.05, 4.69) is 5.32 Å². The van der Waals surface area contributed by atoms with E-state index in [9.17, 15) is 32.5 Å². The van der Waals surface area contributed by atoms with Crippen molar-refractivity contribution >= 4 is 33.6 Å². The van der Waals surface area contributed by atoms with Crippen molar-refractivity contribution < 1.29 is 31.9 Å². The predicted molar refractivity (Wildman–Crippen MR) is 142 cm³/mol. The highest BCUT2D eigenvalue weighted by Gasteiger charge is 2.44. The zero-order valence-electron chi connectivity index (χ0n) is 22.3. The molecule has 3 amide bonds. The molecular weight excluding hydrogens is 541 g/mol. The largest absolute Gasteiger partial charge is 0.444 e. The molecule has 2 aliphatic rings. The molecule has 2 fully saturated rings. The Morgan fingerprint density at radius 1 is 1.07 bits per heavy atom. The highest BCUT2D eigenvalue weighted by atomic mass is 32.2. The molecule has 0 aliphatic carbocycles. The fourth-order valence-electron chi connectivity index (χ4n) is 4.75. The predicted octanol–water partition coefficient (Wildman–Crippen LogP) is 2.67. The second-order valence-electron chi connectivity index (χ2n) is 11.1. The fraction of sp³-hybridized carbons (Fsp3) is 0.407. The minimum atomic E-state index is -4.10. The van der Waals surface area contributed by atoms with E-state index in [4.69, 9.17) is 9.88 Å². The molecule has 3 N–H and O–H groups in total. The number of fused-ring (bicyclic) bond motifs is 1. The van der Waals surface area contributed by atoms with Crippen LogP contribution in [0.15, 0.2) is 41.3 Å². The molecule has 2 saturated heterocycles. The Bertz CT molecular complexity index is 1500. The average Bonchev–Trinajstić information content (AvgIpc) is 3.46. The molecule has 2 aliphatic heterocycles. The van der Waals surface area contributed by atoms with Gasteiger partial charge in [0.15, 0.2) is 0 Å². The number of likely N-dealkylation sites (tertiary alicyclic amines) is 2. The van der Waals surface area contributed by atoms with Gasteiger partial charge in [-0.25, -0.2) is 22.7 Å². The van der Waals surface area contributed by atoms with Gasteiger partial charge in [0.2, 0.25) is 15.9 Å². The number of ether oxygens (including phenoxy) is 1. The van der Waals surface area contributed by atoms with Crippen LogP contribution in [0.2, 0.25) is 0 Å². The lowest BCUT2D eigenvalue weighted by Gasteiger charge is -2.22. The van der Waals surface area contributed by atoms with Gasteiger partial charge in [-0.05, 0) is 30.3 Å². The van der Waals surface area contributed by atoms with Crippen molar-refractivity contribution in [3.63, 3.8) is 0 Å². The number of halogens is 1. The number of hydrogen-bond donors (Lipinski definition) is 2. The number of nitrogens with zero attached hydrogens (tertiary/aromatic N) is 3. The lowest BCUT2D eigenvalue weighted by molar-refractivity contribution is -0.123. The standard InChI is InChI=1S/C27H30FN5O6S/c1-27(2,3)25(35)31-23-8-16(10-29)4-5-17(23)15-39-26(36)33-13-18-11-32(12-19(18)14-33)24(34)21-7-6-20(9-22(21)28)40(30,37)38/h4-9,18-19H,11-15H2,1-3H3,(H,31,35)(H2,30,37,38)/t18-,19-/m0/s1. The van der Waals surface area contributed by atoms with Gasteiger partial charge in [0.1, 0.15) is 12.4 Å². The van der Waals surface area contributed by atoms with Crippen molar-refractivity contribution in [2.45, 2.75) is 32.3 Å². The third-order valence-electron chi connectivity index (χ3n) is 7.05. The molecule has 0 spiro atoms. The van der Waals surface area contributed by atoms with Crippen LogP contribution in [0.5, 0.6) is 0 Å². The number of hydrogen-bond acceptors (Lipinski definition) is 7. The first kappa shape index (κ1) is 29.0. The lowest BCUT2D eigenvalue weighted by atomic mass is 9.95. The van der Waals surface area contributed by atoms with Gasteiger partial charge in [0.25, 0.3) is 5.91 Å². The monoisotopic (exact) mass is 571 g/mol. The number of amides is 3. The average molecular weight is 572 g/mol. The number of sulfonamides is 1. The molecule has 0 radical (unpaired) electrons. The van der Waals surface area contributed by atoms with E-state index in [1.54, 1.807) is 37.8 Å². The SMILES string of the molecule is CC(C)(C)C(=O)Nc1cc(C#N)ccc1COC(=O)N1C[C@@H]2CN(C(=O)c3ccc(S(N)(=O)=O)cc3F)C[C@H]2C1. The third kappa shape index (κ3) is 6.24. The van der Waals surface area contributed by atoms with Crippen LogP contribution in [0.1, 0.15) is 42.3 Å². The number of nitrogens with one attached hydrogen (secondary N) is 1. The Morgan fingerprint density at radius 3 is 2.25 bits per heavy atom. The Labute approximate surface area is 231 Å². The van der Waals surface area contributed by atoms with Crippen LogP contribution in [0.4, 0.5) is 14.9 Å². The molecule has 0 aromatic heterocycles. The number of carbonyl (C=O) groups is 3. The highest BCUT2D eigenvalue weighted by molar-refractivity contribution is 7.89. The highest BCUT2D eigenvalue weighted by Crippen LogP contribution is 2.33. The Morgan fingerprint density at radius 2 is 1.70 bits per heavy atom. The van der Waals surface area contributed by atoms with Crippen LogP contribution >= 0.6 is 0 Å². The second-order valence-corrected chi connectivity index (χ2v) is 12.6. The van der Waals surface area contributed by atoms with E-state index in [0.717, 1.165) is 18.2 Å². The quantitative estimate of drug-likeness (QED) is 0.557. The zero-order valence-corrected chi connectivity index (χ0v) is 23.1. The van der Waals surface area contributed by atoms with Gasteiger partial charge in [0.05, 0.1) is 22.1 Å². The summed E-state index contributed by atoms with van der Waals surface area (Å²) in [6, 6.07) is 9.69. The van der Waals surface area contributed by atoms with E-state index >= 15 is 0 Å². The Kier molecular flexibility index (Phi) is 7.87. The summed E-state index contributed by atoms with van der Waals surface area (Å²) >= 11 is 0. The maximum absolute atomic E-state index is 14.5. The lowest BCUT2D eigenvalue weighted by Crippen LogP contribution is -2.36. The first-order valence-electron chi connectivity index (χ1n) is 12.5. The van der Waals surface area contributed by atoms with Crippen LogP contribution in [0.25, 0.3) is 0 Å². The first-order valence-corrected chi connectivity index (χ1v) is 14.1. The summed E-state index contributed by atoms with van der Waals surface area (Å²) in [5.74, 6) is -1.84. The van der Waals surface area contributed by atoms with Crippen molar-refractivity contribution in [3.05, 3.63) is 58.9 Å². The summed E-state index contributed by atoms with van der Waals surface area (Å²) in [6.45, 7) is 6.47. The maximum atomic E-state index is 14.5. The van der Waals surface area contributed by atoms with Gasteiger partial charge in [-0.3, -0.25) is 9.59 Å². The number of rotatable bonds is 5. The van der Waals surface area contributed by atoms with Gasteiger partial charge in [-0.1, -0.05) is 26.8 Å². The summed E-state index contributed by atoms with van der Waals surface area (Å²) in [5, 5.41) is 17.1. The topological polar surface area (TPSA) is 163 Å². The van der Waals surface area contributed by atoms with E-state index in [1.165, 1.54) is 11.0 Å². The van der Waals surface area contributed by atoms with E-state index in [0.29, 0.717) is 43.0 Å². The number of nitriles is 1. The van der Waals surface area contributed by atoms with E-state index < -0.39 is 38.2 Å². The number of anilines is 1. The smallest absolute Gasteiger partial charge is 0.410 e. The molecule has 212 valence electrons. The first-order chi connectivity index (χ1) is 18.7. The molecule has 2 atom stereocenters. The van der Waals surface area contributed by atoms with Gasteiger partial charge < -0.3 is 19.9 Å². The molecule has 2 heterocycles. The molecule has 0 saturated carbocycles. The van der Waals surface area contributed by atoms with Crippen LogP contribution in [0, 0.1) is 34.4 Å². The number of carbonyl (C=O) groups excluding carboxylic acids is 3. The molecule has 0 bridgehead atoms. The van der Waals surface area contributed by atoms with Gasteiger partial charge in [-0.15, -0.1) is 0 Å². The summed E-state index contributed by atoms with van der Waals surface area (Å²) in [5.41, 5.74) is 0.367. The van der Waals surface area contributed by atoms with Crippen molar-refractivity contribution in [2.24, 2.45) is 22.4 Å². The van der Waals surface area contributed by atoms with Crippen LogP contribution in [-0.4, -0.2) is 62.3 Å². The normalized spacial score (nSPS) is 18.7. The molecule has 13 heteroatoms. The molecule has 11 nitrogen and oxygen atoms in total. The minimum Gasteiger partial charge on any atom is -0.444 e. The molecular formula is C27H30FN5O6S. The van der Waals surface area contributed by atoms with Crippen LogP contribution < -0.4 is 10.5 Å². The number of nitrogens with two attached hydrogens (primary N) is 1. The van der Waals surface area contributed by atoms with Crippen molar-refractivity contribution in [3.8, 4) is 6.07 Å². The fourth-order valence-corrected chi connectivity index (χ4v) is 5.28. The molecule has 2 aromatic carbocycles. The molecule has 40 heavy (non-hydrogen) atoms. The van der Waals surface area contributed by atoms with Gasteiger partial charge in [-0.2, -0.15) is 5.26 Å². The summed E-state index contributed by atoms with van der Waals surface area (Å²) in [4.78, 5) is 40.9. The van der Waals surface area contributed by atoms with Crippen molar-refractivity contribution in [1.82, 2.24) is 9.80 Å². The van der Waals surface area contributed by atoms with Crippen LogP contribution in [0.3, 0.4) is 0 Å². The minimum absolute atomic E-state index is 0.0280. The van der Waals surface area contributed by atoms with Crippen molar-refractivity contribution in [2.75, 3.05) is 31.5 Å². The maximum Gasteiger partial charge on any atom is 0.410 e. The number of benzene rings is 2. The zero-order chi connectivity index (χ0) is 29.4. The van der Waals surface area contributed by atoms with E-state index in [1.807, 2.05) is 6.07 Å². The van der Waals surface area contributed by atoms with Crippen LogP contribution in [-0.2, 0) is 26.2 Å². The van der Waals surface area contributed by atoms with Gasteiger partial charge in [0, 0.05) is 54.7 Å². The third-order valence-corrected chi connectivity index (χ3v) is 7.96. The summed E-state index contributed by atoms with van der Waals surface area (Å²) in [7, 11) is -4.10. The second kappa shape index (κ2) is 10.9. The number of primary sulfonamides is 1. The Balaban J connectivity index is 1.35. The van der Waals surface area contributed by atoms with E-state index in [-0.39, 0.29) is 29.9 Å². The molecule has 4 rings (SSSR count). The molecule has 2 aromatic rings. The summed E-state index contributed by atoms with van der Waals surface area (Å²) in [6.07, 6.45) is -0.547.